The van der Waals surface area contributed by atoms with Crippen LogP contribution >= 0.6 is 22.7 Å². The summed E-state index contributed by atoms with van der Waals surface area (Å²) in [6.07, 6.45) is 5.67. The molecule has 4 bridgehead atoms. The van der Waals surface area contributed by atoms with E-state index in [9.17, 15) is 0 Å². The molecule has 0 saturated carbocycles. The number of fused-ring (bicyclic) bond motifs is 4. The van der Waals surface area contributed by atoms with Gasteiger partial charge in [-0.3, -0.25) is 0 Å². The van der Waals surface area contributed by atoms with E-state index in [4.69, 9.17) is 66.3 Å². The number of thiophene rings is 2. The Morgan fingerprint density at radius 3 is 1.36 bits per heavy atom. The standard InChI is InChI=1S/C72H70O14S2/c1-5-15-49(16-6-1)54-25-28-58-59-29-26-55(50-17-7-2-8-18-50)66-70(59)87-69(58)65(54)82-39-37-73-33-35-77-43-79-42-62(84-46-78-36-34-74-38-40-83-66)53-23-24-57-61(41-53)64-60-30-27-56(51-19-9-3-10-20-51)67-71(60)88-72(64)68(63(57)52-21-11-4-12-22-52)86-48-81-45-76-32-14-13-31-75-44-80-47-85-67/h1-22,25-30,53,62H,23-24,31-48H2/b14-13-. The van der Waals surface area contributed by atoms with Gasteiger partial charge in [-0.1, -0.05) is 152 Å². The minimum Gasteiger partial charge on any atom is -0.489 e. The molecule has 2 aliphatic heterocycles. The Labute approximate surface area is 519 Å². The summed E-state index contributed by atoms with van der Waals surface area (Å²) in [5, 5.41) is 4.36. The summed E-state index contributed by atoms with van der Waals surface area (Å²) in [6.45, 7) is 3.96. The molecule has 0 radical (unpaired) electrons. The number of hydrogen-bond acceptors (Lipinski definition) is 16. The quantitative estimate of drug-likeness (QED) is 0.152. The summed E-state index contributed by atoms with van der Waals surface area (Å²) < 4.78 is 92.2. The first kappa shape index (κ1) is 59.7. The van der Waals surface area contributed by atoms with E-state index in [1.165, 1.54) is 11.1 Å². The van der Waals surface area contributed by atoms with Crippen LogP contribution in [0.4, 0.5) is 0 Å². The second-order valence-corrected chi connectivity index (χ2v) is 23.5. The van der Waals surface area contributed by atoms with Crippen LogP contribution in [0.5, 0.6) is 23.0 Å². The van der Waals surface area contributed by atoms with Gasteiger partial charge in [-0.05, 0) is 76.8 Å². The van der Waals surface area contributed by atoms with Gasteiger partial charge in [0.25, 0.3) is 0 Å². The predicted octanol–water partition coefficient (Wildman–Crippen LogP) is 15.3. The smallest absolute Gasteiger partial charge is 0.191 e. The normalized spacial score (nSPS) is 19.1. The molecule has 88 heavy (non-hydrogen) atoms. The molecule has 0 amide bonds. The zero-order valence-corrected chi connectivity index (χ0v) is 50.6. The third-order valence-electron chi connectivity index (χ3n) is 16.0. The fraction of sp³-hybridized carbons (Fsp3) is 0.306. The highest BCUT2D eigenvalue weighted by atomic mass is 32.1. The summed E-state index contributed by atoms with van der Waals surface area (Å²) in [5.41, 5.74) is 10.7. The van der Waals surface area contributed by atoms with Crippen LogP contribution in [0.15, 0.2) is 170 Å². The Hall–Kier alpha value is -7.26. The summed E-state index contributed by atoms with van der Waals surface area (Å²) in [5.74, 6) is 3.14. The molecule has 2 aromatic heterocycles. The maximum Gasteiger partial charge on any atom is 0.191 e. The molecule has 10 aromatic rings. The molecule has 1 aliphatic carbocycles. The maximum atomic E-state index is 6.85. The molecule has 2 unspecified atom stereocenters. The molecule has 0 N–H and O–H groups in total. The molecule has 4 heterocycles. The molecule has 2 atom stereocenters. The van der Waals surface area contributed by atoms with E-state index in [0.717, 1.165) is 121 Å². The zero-order chi connectivity index (χ0) is 59.1. The van der Waals surface area contributed by atoms with Gasteiger partial charge in [0.2, 0.25) is 0 Å². The van der Waals surface area contributed by atoms with Gasteiger partial charge in [0.1, 0.15) is 49.8 Å². The van der Waals surface area contributed by atoms with Crippen LogP contribution in [0.25, 0.3) is 84.9 Å². The zero-order valence-electron chi connectivity index (χ0n) is 49.0. The third-order valence-corrected chi connectivity index (χ3v) is 18.4. The van der Waals surface area contributed by atoms with Crippen molar-refractivity contribution in [1.82, 2.24) is 0 Å². The topological polar surface area (TPSA) is 129 Å². The summed E-state index contributed by atoms with van der Waals surface area (Å²) in [6, 6.07) is 54.6. The van der Waals surface area contributed by atoms with E-state index in [0.29, 0.717) is 72.5 Å². The van der Waals surface area contributed by atoms with Crippen molar-refractivity contribution < 1.29 is 66.3 Å². The molecule has 14 nitrogen and oxygen atoms in total. The van der Waals surface area contributed by atoms with Gasteiger partial charge in [-0.15, -0.1) is 22.7 Å². The third kappa shape index (κ3) is 13.6. The first-order chi connectivity index (χ1) is 43.8. The van der Waals surface area contributed by atoms with Crippen molar-refractivity contribution in [2.45, 2.75) is 25.4 Å². The van der Waals surface area contributed by atoms with Gasteiger partial charge in [0.15, 0.2) is 27.2 Å². The van der Waals surface area contributed by atoms with Crippen molar-refractivity contribution in [1.29, 1.82) is 0 Å². The van der Waals surface area contributed by atoms with Crippen LogP contribution in [-0.4, -0.2) is 120 Å². The predicted molar refractivity (Wildman–Crippen MR) is 345 cm³/mol. The monoisotopic (exact) mass is 1220 g/mol. The lowest BCUT2D eigenvalue weighted by Gasteiger charge is -2.33. The second kappa shape index (κ2) is 29.8. The van der Waals surface area contributed by atoms with Crippen LogP contribution in [0.1, 0.15) is 17.5 Å². The van der Waals surface area contributed by atoms with E-state index in [1.54, 1.807) is 22.7 Å². The van der Waals surface area contributed by atoms with Crippen LogP contribution < -0.4 is 18.9 Å². The summed E-state index contributed by atoms with van der Waals surface area (Å²) in [7, 11) is 0. The van der Waals surface area contributed by atoms with Crippen molar-refractivity contribution in [3.8, 4) is 67.5 Å². The van der Waals surface area contributed by atoms with Crippen molar-refractivity contribution in [3.05, 3.63) is 181 Å². The molecular formula is C72H70O14S2. The fourth-order valence-corrected chi connectivity index (χ4v) is 14.6. The van der Waals surface area contributed by atoms with Crippen molar-refractivity contribution >= 4 is 63.0 Å². The lowest BCUT2D eigenvalue weighted by Crippen LogP contribution is -2.34. The lowest BCUT2D eigenvalue weighted by molar-refractivity contribution is -0.154. The second-order valence-electron chi connectivity index (χ2n) is 21.4. The highest BCUT2D eigenvalue weighted by Gasteiger charge is 2.35. The Bertz CT molecular complexity index is 3930. The van der Waals surface area contributed by atoms with Gasteiger partial charge in [0, 0.05) is 43.8 Å². The maximum absolute atomic E-state index is 6.85. The lowest BCUT2D eigenvalue weighted by atomic mass is 9.76. The number of hydrogen-bond donors (Lipinski definition) is 0. The van der Waals surface area contributed by atoms with E-state index < -0.39 is 0 Å². The van der Waals surface area contributed by atoms with Crippen molar-refractivity contribution in [3.63, 3.8) is 0 Å². The van der Waals surface area contributed by atoms with Crippen LogP contribution in [0.3, 0.4) is 0 Å². The van der Waals surface area contributed by atoms with E-state index in [1.807, 2.05) is 48.6 Å². The fourth-order valence-electron chi connectivity index (χ4n) is 11.9. The molecule has 8 aromatic carbocycles. The number of ether oxygens (including phenoxy) is 14. The van der Waals surface area contributed by atoms with Gasteiger partial charge in [-0.2, -0.15) is 0 Å². The largest absolute Gasteiger partial charge is 0.489 e. The average Bonchev–Trinajstić information content (AvgIpc) is 4.06. The van der Waals surface area contributed by atoms with E-state index in [-0.39, 0.29) is 59.4 Å². The summed E-state index contributed by atoms with van der Waals surface area (Å²) >= 11 is 3.34. The van der Waals surface area contributed by atoms with Crippen LogP contribution in [0, 0.1) is 5.92 Å². The molecule has 0 fully saturated rings. The first-order valence-electron chi connectivity index (χ1n) is 30.0. The average molecular weight is 1220 g/mol. The van der Waals surface area contributed by atoms with Crippen molar-refractivity contribution in [2.24, 2.45) is 5.92 Å². The van der Waals surface area contributed by atoms with Gasteiger partial charge in [-0.25, -0.2) is 0 Å². The molecule has 0 saturated heterocycles. The minimum atomic E-state index is -0.354. The number of rotatable bonds is 5. The van der Waals surface area contributed by atoms with Crippen molar-refractivity contribution in [2.75, 3.05) is 113 Å². The minimum absolute atomic E-state index is 0.0166. The van der Waals surface area contributed by atoms with Crippen LogP contribution in [-0.2, 0) is 60.2 Å². The molecule has 13 rings (SSSR count). The molecular weight excluding hydrogens is 1150 g/mol. The van der Waals surface area contributed by atoms with E-state index >= 15 is 0 Å². The number of benzene rings is 8. The van der Waals surface area contributed by atoms with Gasteiger partial charge < -0.3 is 66.3 Å². The molecule has 0 spiro atoms. The summed E-state index contributed by atoms with van der Waals surface area (Å²) in [4.78, 5) is 0. The van der Waals surface area contributed by atoms with Gasteiger partial charge in [0.05, 0.1) is 84.4 Å². The Morgan fingerprint density at radius 1 is 0.341 bits per heavy atom. The highest BCUT2D eigenvalue weighted by molar-refractivity contribution is 7.27. The molecule has 3 aliphatic rings. The van der Waals surface area contributed by atoms with Crippen LogP contribution in [0.2, 0.25) is 0 Å². The molecule has 454 valence electrons. The SMILES string of the molecule is C1=C\COCOCOc2c(-c3ccccc3)c3c(c4c2sc2c(c(-c5ccccc5)ccc24)OCOCOC/1)CC(C1COCOCCOCCOc2c(-c4ccccc4)ccc4c2sc2c(c(-c5ccccc5)ccc24)OCCOCCOCO1)CC3. The van der Waals surface area contributed by atoms with E-state index in [2.05, 4.69) is 121 Å². The Morgan fingerprint density at radius 2 is 0.795 bits per heavy atom. The first-order valence-corrected chi connectivity index (χ1v) is 31.7. The highest BCUT2D eigenvalue weighted by Crippen LogP contribution is 2.55. The Balaban J connectivity index is 0.783. The Kier molecular flexibility index (Phi) is 20.2. The molecule has 16 heteroatoms. The van der Waals surface area contributed by atoms with Gasteiger partial charge >= 0.3 is 0 Å².